The molecule has 4 aromatic rings. The maximum Gasteiger partial charge on any atom is 0.408 e. The highest BCUT2D eigenvalue weighted by Crippen LogP contribution is 2.38. The van der Waals surface area contributed by atoms with Crippen LogP contribution in [0.15, 0.2) is 72.8 Å². The van der Waals surface area contributed by atoms with Crippen molar-refractivity contribution in [3.05, 3.63) is 101 Å². The van der Waals surface area contributed by atoms with Gasteiger partial charge in [0.05, 0.1) is 34.9 Å². The fourth-order valence-corrected chi connectivity index (χ4v) is 8.29. The minimum atomic E-state index is -3.29. The molecule has 5 rings (SSSR count). The van der Waals surface area contributed by atoms with Gasteiger partial charge in [0, 0.05) is 22.9 Å². The van der Waals surface area contributed by atoms with Crippen LogP contribution in [0, 0.1) is 5.82 Å². The van der Waals surface area contributed by atoms with E-state index >= 15 is 4.39 Å². The van der Waals surface area contributed by atoms with E-state index in [9.17, 15) is 33.0 Å². The topological polar surface area (TPSA) is 192 Å². The summed E-state index contributed by atoms with van der Waals surface area (Å²) in [7, 11) is -3.29. The molecule has 3 amide bonds. The maximum absolute atomic E-state index is 15.1. The molecular weight excluding hydrogens is 674 g/mol. The smallest absolute Gasteiger partial charge is 0.408 e. The lowest BCUT2D eigenvalue weighted by molar-refractivity contribution is -0.126. The van der Waals surface area contributed by atoms with E-state index in [1.54, 1.807) is 68.4 Å². The number of carbonyl (C=O) groups excluding carboxylic acids is 2. The van der Waals surface area contributed by atoms with Gasteiger partial charge in [0.2, 0.25) is 5.91 Å². The quantitative estimate of drug-likeness (QED) is 0.142. The molecule has 1 aliphatic heterocycles. The Kier molecular flexibility index (Phi) is 10.4. The zero-order valence-electron chi connectivity index (χ0n) is 26.7. The van der Waals surface area contributed by atoms with Gasteiger partial charge >= 0.3 is 6.09 Å². The number of pyridine rings is 1. The number of carbonyl (C=O) groups is 3. The van der Waals surface area contributed by atoms with E-state index in [1.807, 2.05) is 0 Å². The highest BCUT2D eigenvalue weighted by atomic mass is 32.2. The first-order valence-corrected chi connectivity index (χ1v) is 18.0. The van der Waals surface area contributed by atoms with Crippen LogP contribution in [0.2, 0.25) is 0 Å². The van der Waals surface area contributed by atoms with E-state index in [0.717, 1.165) is 16.2 Å². The third-order valence-corrected chi connectivity index (χ3v) is 10.9. The van der Waals surface area contributed by atoms with Gasteiger partial charge in [-0.05, 0) is 55.7 Å². The first-order valence-electron chi connectivity index (χ1n) is 15.3. The largest absolute Gasteiger partial charge is 0.465 e. The highest BCUT2D eigenvalue weighted by Gasteiger charge is 2.35. The summed E-state index contributed by atoms with van der Waals surface area (Å²) in [5.41, 5.74) is 6.03. The van der Waals surface area contributed by atoms with Crippen molar-refractivity contribution < 1.29 is 37.4 Å². The van der Waals surface area contributed by atoms with Gasteiger partial charge in [-0.2, -0.15) is 0 Å². The van der Waals surface area contributed by atoms with Crippen LogP contribution >= 0.6 is 11.3 Å². The predicted octanol–water partition coefficient (Wildman–Crippen LogP) is 4.41. The van der Waals surface area contributed by atoms with Gasteiger partial charge in [0.25, 0.3) is 5.91 Å². The van der Waals surface area contributed by atoms with Gasteiger partial charge < -0.3 is 26.6 Å². The molecule has 3 heterocycles. The van der Waals surface area contributed by atoms with E-state index in [1.165, 1.54) is 18.2 Å². The number of nitrogens with one attached hydrogen (secondary N) is 2. The van der Waals surface area contributed by atoms with Crippen LogP contribution in [-0.2, 0) is 33.2 Å². The van der Waals surface area contributed by atoms with Crippen molar-refractivity contribution in [2.45, 2.75) is 50.9 Å². The van der Waals surface area contributed by atoms with Crippen molar-refractivity contribution in [1.29, 1.82) is 0 Å². The first kappa shape index (κ1) is 35.4. The number of primary amides is 1. The summed E-state index contributed by atoms with van der Waals surface area (Å²) in [4.78, 5) is 44.4. The van der Waals surface area contributed by atoms with Crippen LogP contribution in [0.25, 0.3) is 10.4 Å². The molecule has 258 valence electrons. The van der Waals surface area contributed by atoms with Gasteiger partial charge in [-0.25, -0.2) is 22.6 Å². The maximum atomic E-state index is 15.1. The van der Waals surface area contributed by atoms with Gasteiger partial charge in [-0.3, -0.25) is 14.5 Å². The van der Waals surface area contributed by atoms with E-state index in [4.69, 9.17) is 5.73 Å². The van der Waals surface area contributed by atoms with E-state index in [-0.39, 0.29) is 58.5 Å². The molecule has 2 aromatic carbocycles. The fourth-order valence-electron chi connectivity index (χ4n) is 5.52. The van der Waals surface area contributed by atoms with Crippen molar-refractivity contribution in [2.75, 3.05) is 16.8 Å². The number of aromatic nitrogens is 1. The Morgan fingerprint density at radius 1 is 1.10 bits per heavy atom. The lowest BCUT2D eigenvalue weighted by Gasteiger charge is -2.29. The van der Waals surface area contributed by atoms with Crippen LogP contribution in [-0.4, -0.2) is 70.0 Å². The summed E-state index contributed by atoms with van der Waals surface area (Å²) >= 11 is 1.06. The number of nitrogens with two attached hydrogens (primary N) is 1. The summed E-state index contributed by atoms with van der Waals surface area (Å²) in [6.07, 6.45) is -1.11. The predicted molar refractivity (Wildman–Crippen MR) is 184 cm³/mol. The standard InChI is InChI=1S/C34H36FN5O7S2/c1-34(2,45)21-11-12-24(26(35)16-21)28-17-25(30(36)41)32(48-28)39-29-10-6-9-22(37-29)18-40(33(43)44)27(15-20-7-4-3-5-8-20)31(42)38-23-13-14-49(46,47)19-23/h3-12,16-17,23,27,45H,13-15,18-19H2,1-2H3,(H2,36,41)(H,37,39)(H,38,42)(H,43,44). The summed E-state index contributed by atoms with van der Waals surface area (Å²) in [6, 6.07) is 17.6. The number of rotatable bonds is 12. The van der Waals surface area contributed by atoms with Gasteiger partial charge in [-0.15, -0.1) is 11.3 Å². The fraction of sp³-hybridized carbons (Fsp3) is 0.294. The highest BCUT2D eigenvalue weighted by molar-refractivity contribution is 7.91. The molecule has 1 aliphatic rings. The number of thiophene rings is 1. The van der Waals surface area contributed by atoms with Crippen molar-refractivity contribution >= 4 is 49.9 Å². The second kappa shape index (κ2) is 14.3. The molecular formula is C34H36FN5O7S2. The molecule has 2 aromatic heterocycles. The molecule has 6 N–H and O–H groups in total. The molecule has 0 bridgehead atoms. The number of benzene rings is 2. The van der Waals surface area contributed by atoms with Gasteiger partial charge in [-0.1, -0.05) is 48.5 Å². The number of nitrogens with zero attached hydrogens (tertiary/aromatic N) is 2. The number of amides is 3. The molecule has 0 radical (unpaired) electrons. The third kappa shape index (κ3) is 8.79. The summed E-state index contributed by atoms with van der Waals surface area (Å²) in [6.45, 7) is 2.79. The molecule has 1 saturated heterocycles. The average Bonchev–Trinajstić information content (AvgIpc) is 3.60. The van der Waals surface area contributed by atoms with Crippen molar-refractivity contribution in [2.24, 2.45) is 5.73 Å². The molecule has 2 unspecified atom stereocenters. The molecule has 1 fully saturated rings. The van der Waals surface area contributed by atoms with E-state index in [0.29, 0.717) is 16.0 Å². The van der Waals surface area contributed by atoms with Crippen molar-refractivity contribution in [1.82, 2.24) is 15.2 Å². The Bertz CT molecular complexity index is 1980. The second-order valence-electron chi connectivity index (χ2n) is 12.3. The summed E-state index contributed by atoms with van der Waals surface area (Å²) < 4.78 is 39.1. The Morgan fingerprint density at radius 3 is 2.45 bits per heavy atom. The first-order chi connectivity index (χ1) is 23.1. The second-order valence-corrected chi connectivity index (χ2v) is 15.6. The SMILES string of the molecule is CC(C)(O)c1ccc(-c2cc(C(N)=O)c(Nc3cccc(CN(C(=O)O)C(Cc4ccccc4)C(=O)NC4CCS(=O)(=O)C4)n3)s2)c(F)c1. The number of halogens is 1. The summed E-state index contributed by atoms with van der Waals surface area (Å²) in [5.74, 6) is -2.02. The van der Waals surface area contributed by atoms with Crippen LogP contribution in [0.3, 0.4) is 0 Å². The minimum absolute atomic E-state index is 0.0314. The van der Waals surface area contributed by atoms with Crippen LogP contribution < -0.4 is 16.4 Å². The Hall–Kier alpha value is -4.86. The number of sulfone groups is 1. The number of aliphatic hydroxyl groups is 1. The molecule has 0 spiro atoms. The Labute approximate surface area is 286 Å². The average molecular weight is 710 g/mol. The van der Waals surface area contributed by atoms with Crippen molar-refractivity contribution in [3.8, 4) is 10.4 Å². The molecule has 49 heavy (non-hydrogen) atoms. The van der Waals surface area contributed by atoms with Crippen molar-refractivity contribution in [3.63, 3.8) is 0 Å². The number of carboxylic acid groups (broad SMARTS) is 1. The normalized spacial score (nSPS) is 16.1. The molecule has 12 nitrogen and oxygen atoms in total. The molecule has 15 heteroatoms. The monoisotopic (exact) mass is 709 g/mol. The molecule has 2 atom stereocenters. The minimum Gasteiger partial charge on any atom is -0.465 e. The molecule has 0 aliphatic carbocycles. The van der Waals surface area contributed by atoms with Crippen LogP contribution in [0.1, 0.15) is 47.4 Å². The van der Waals surface area contributed by atoms with Gasteiger partial charge in [0.1, 0.15) is 22.7 Å². The zero-order chi connectivity index (χ0) is 35.5. The number of hydrogen-bond donors (Lipinski definition) is 5. The molecule has 0 saturated carbocycles. The van der Waals surface area contributed by atoms with Crippen LogP contribution in [0.4, 0.5) is 20.0 Å². The lowest BCUT2D eigenvalue weighted by Crippen LogP contribution is -2.52. The number of anilines is 2. The summed E-state index contributed by atoms with van der Waals surface area (Å²) in [5, 5.41) is 26.6. The Balaban J connectivity index is 1.40. The van der Waals surface area contributed by atoms with E-state index in [2.05, 4.69) is 15.6 Å². The van der Waals surface area contributed by atoms with Gasteiger partial charge in [0.15, 0.2) is 9.84 Å². The Morgan fingerprint density at radius 2 is 1.84 bits per heavy atom. The lowest BCUT2D eigenvalue weighted by atomic mass is 9.96. The number of hydrogen-bond acceptors (Lipinski definition) is 9. The zero-order valence-corrected chi connectivity index (χ0v) is 28.4. The van der Waals surface area contributed by atoms with Crippen LogP contribution in [0.5, 0.6) is 0 Å². The van der Waals surface area contributed by atoms with E-state index < -0.39 is 51.2 Å². The third-order valence-electron chi connectivity index (χ3n) is 8.09.